The average Bonchev–Trinajstić information content (AvgIpc) is 2.64. The summed E-state index contributed by atoms with van der Waals surface area (Å²) in [6.45, 7) is 5.86. The monoisotopic (exact) mass is 280 g/mol. The minimum Gasteiger partial charge on any atom is -0.389 e. The highest BCUT2D eigenvalue weighted by Crippen LogP contribution is 2.22. The number of thiophene rings is 1. The van der Waals surface area contributed by atoms with Gasteiger partial charge >= 0.3 is 0 Å². The molecule has 0 aliphatic rings. The van der Waals surface area contributed by atoms with E-state index in [0.29, 0.717) is 11.4 Å². The Kier molecular flexibility index (Phi) is 5.12. The van der Waals surface area contributed by atoms with Crippen molar-refractivity contribution in [3.63, 3.8) is 0 Å². The van der Waals surface area contributed by atoms with Gasteiger partial charge in [0.15, 0.2) is 0 Å². The number of rotatable bonds is 3. The number of nitrogens with two attached hydrogens (primary N) is 1. The van der Waals surface area contributed by atoms with Crippen molar-refractivity contribution in [2.24, 2.45) is 5.73 Å². The molecule has 1 amide bonds. The highest BCUT2D eigenvalue weighted by atomic mass is 32.1. The summed E-state index contributed by atoms with van der Waals surface area (Å²) in [5.74, 6) is 5.65. The first-order chi connectivity index (χ1) is 8.74. The van der Waals surface area contributed by atoms with Gasteiger partial charge in [-0.3, -0.25) is 4.79 Å². The van der Waals surface area contributed by atoms with Crippen LogP contribution in [-0.2, 0) is 0 Å². The second kappa shape index (κ2) is 6.20. The summed E-state index contributed by atoms with van der Waals surface area (Å²) in [5, 5.41) is 9.73. The van der Waals surface area contributed by atoms with E-state index in [-0.39, 0.29) is 12.5 Å². The Morgan fingerprint density at radius 2 is 2.21 bits per heavy atom. The molecule has 0 saturated carbocycles. The van der Waals surface area contributed by atoms with Crippen molar-refractivity contribution in [2.45, 2.75) is 26.4 Å². The van der Waals surface area contributed by atoms with Gasteiger partial charge in [-0.1, -0.05) is 11.8 Å². The molecule has 0 radical (unpaired) electrons. The topological polar surface area (TPSA) is 66.6 Å². The predicted molar refractivity (Wildman–Crippen MR) is 78.2 cm³/mol. The fourth-order valence-corrected chi connectivity index (χ4v) is 2.73. The lowest BCUT2D eigenvalue weighted by molar-refractivity contribution is 0.0370. The SMILES string of the molecule is Cc1cc(C(=O)N(C)CC(C)(C)O)sc1C#CCN. The number of carbonyl (C=O) groups is 1. The second-order valence-corrected chi connectivity index (χ2v) is 6.15. The van der Waals surface area contributed by atoms with Crippen LogP contribution in [0, 0.1) is 18.8 Å². The van der Waals surface area contributed by atoms with Crippen molar-refractivity contribution in [2.75, 3.05) is 20.1 Å². The van der Waals surface area contributed by atoms with E-state index in [9.17, 15) is 9.90 Å². The number of hydrogen-bond donors (Lipinski definition) is 2. The summed E-state index contributed by atoms with van der Waals surface area (Å²) in [6.07, 6.45) is 0. The van der Waals surface area contributed by atoms with Crippen LogP contribution in [0.15, 0.2) is 6.07 Å². The average molecular weight is 280 g/mol. The molecule has 0 saturated heterocycles. The highest BCUT2D eigenvalue weighted by Gasteiger charge is 2.22. The normalized spacial score (nSPS) is 10.8. The molecule has 0 bridgehead atoms. The molecule has 5 heteroatoms. The van der Waals surface area contributed by atoms with Crippen molar-refractivity contribution in [3.8, 4) is 11.8 Å². The minimum absolute atomic E-state index is 0.101. The number of likely N-dealkylation sites (N-methyl/N-ethyl adjacent to an activating group) is 1. The van der Waals surface area contributed by atoms with Crippen LogP contribution < -0.4 is 5.73 Å². The summed E-state index contributed by atoms with van der Waals surface area (Å²) in [5.41, 5.74) is 5.41. The molecule has 1 rings (SSSR count). The molecule has 0 unspecified atom stereocenters. The number of amides is 1. The van der Waals surface area contributed by atoms with E-state index in [4.69, 9.17) is 5.73 Å². The Hall–Kier alpha value is -1.35. The molecule has 1 aromatic heterocycles. The molecular formula is C14H20N2O2S. The van der Waals surface area contributed by atoms with Gasteiger partial charge in [0.1, 0.15) is 0 Å². The molecule has 0 aromatic carbocycles. The number of hydrogen-bond acceptors (Lipinski definition) is 4. The molecule has 1 heterocycles. The number of nitrogens with zero attached hydrogens (tertiary/aromatic N) is 1. The van der Waals surface area contributed by atoms with Crippen LogP contribution in [-0.4, -0.2) is 41.7 Å². The maximum atomic E-state index is 12.2. The van der Waals surface area contributed by atoms with Gasteiger partial charge in [-0.15, -0.1) is 11.3 Å². The van der Waals surface area contributed by atoms with Gasteiger partial charge in [0.05, 0.1) is 21.9 Å². The smallest absolute Gasteiger partial charge is 0.263 e. The van der Waals surface area contributed by atoms with E-state index in [2.05, 4.69) is 11.8 Å². The summed E-state index contributed by atoms with van der Waals surface area (Å²) >= 11 is 1.36. The summed E-state index contributed by atoms with van der Waals surface area (Å²) in [6, 6.07) is 1.83. The maximum Gasteiger partial charge on any atom is 0.263 e. The van der Waals surface area contributed by atoms with Crippen LogP contribution in [0.5, 0.6) is 0 Å². The third-order valence-electron chi connectivity index (χ3n) is 2.40. The molecule has 0 aliphatic heterocycles. The zero-order valence-electron chi connectivity index (χ0n) is 11.8. The molecule has 104 valence electrons. The van der Waals surface area contributed by atoms with Gasteiger partial charge < -0.3 is 15.7 Å². The fourth-order valence-electron chi connectivity index (χ4n) is 1.68. The lowest BCUT2D eigenvalue weighted by Crippen LogP contribution is -2.39. The molecule has 4 nitrogen and oxygen atoms in total. The van der Waals surface area contributed by atoms with Crippen LogP contribution >= 0.6 is 11.3 Å². The van der Waals surface area contributed by atoms with Gasteiger partial charge in [0.25, 0.3) is 5.91 Å². The molecule has 0 fully saturated rings. The summed E-state index contributed by atoms with van der Waals surface area (Å²) < 4.78 is 0. The zero-order chi connectivity index (χ0) is 14.6. The molecule has 1 aromatic rings. The van der Waals surface area contributed by atoms with E-state index < -0.39 is 5.60 Å². The first-order valence-corrected chi connectivity index (χ1v) is 6.83. The Balaban J connectivity index is 2.89. The van der Waals surface area contributed by atoms with Gasteiger partial charge in [0.2, 0.25) is 0 Å². The largest absolute Gasteiger partial charge is 0.389 e. The highest BCUT2D eigenvalue weighted by molar-refractivity contribution is 7.14. The van der Waals surface area contributed by atoms with Crippen molar-refractivity contribution < 1.29 is 9.90 Å². The van der Waals surface area contributed by atoms with Crippen LogP contribution in [0.2, 0.25) is 0 Å². The second-order valence-electron chi connectivity index (χ2n) is 5.10. The molecule has 0 spiro atoms. The van der Waals surface area contributed by atoms with E-state index >= 15 is 0 Å². The van der Waals surface area contributed by atoms with E-state index in [1.54, 1.807) is 20.9 Å². The summed E-state index contributed by atoms with van der Waals surface area (Å²) in [7, 11) is 1.68. The van der Waals surface area contributed by atoms with Gasteiger partial charge in [-0.05, 0) is 32.4 Å². The third-order valence-corrected chi connectivity index (χ3v) is 3.54. The van der Waals surface area contributed by atoms with Crippen molar-refractivity contribution in [3.05, 3.63) is 21.4 Å². The number of aryl methyl sites for hydroxylation is 1. The van der Waals surface area contributed by atoms with Crippen molar-refractivity contribution in [1.29, 1.82) is 0 Å². The maximum absolute atomic E-state index is 12.2. The van der Waals surface area contributed by atoms with Gasteiger partial charge in [-0.2, -0.15) is 0 Å². The van der Waals surface area contributed by atoms with Crippen molar-refractivity contribution >= 4 is 17.2 Å². The van der Waals surface area contributed by atoms with Crippen LogP contribution in [0.4, 0.5) is 0 Å². The van der Waals surface area contributed by atoms with E-state index in [1.807, 2.05) is 13.0 Å². The van der Waals surface area contributed by atoms with Crippen LogP contribution in [0.3, 0.4) is 0 Å². The van der Waals surface area contributed by atoms with Gasteiger partial charge in [-0.25, -0.2) is 0 Å². The molecule has 0 atom stereocenters. The third kappa shape index (κ3) is 4.67. The summed E-state index contributed by atoms with van der Waals surface area (Å²) in [4.78, 5) is 15.2. The zero-order valence-corrected chi connectivity index (χ0v) is 12.6. The fraction of sp³-hybridized carbons (Fsp3) is 0.500. The van der Waals surface area contributed by atoms with E-state index in [1.165, 1.54) is 16.2 Å². The van der Waals surface area contributed by atoms with E-state index in [0.717, 1.165) is 10.4 Å². The Morgan fingerprint density at radius 3 is 2.74 bits per heavy atom. The van der Waals surface area contributed by atoms with Gasteiger partial charge in [0, 0.05) is 13.6 Å². The molecule has 0 aliphatic carbocycles. The first kappa shape index (κ1) is 15.7. The Bertz CT molecular complexity index is 518. The predicted octanol–water partition coefficient (Wildman–Crippen LogP) is 1.21. The van der Waals surface area contributed by atoms with Crippen LogP contribution in [0.1, 0.15) is 34.0 Å². The van der Waals surface area contributed by atoms with Crippen molar-refractivity contribution in [1.82, 2.24) is 4.90 Å². The Morgan fingerprint density at radius 1 is 1.58 bits per heavy atom. The number of carbonyl (C=O) groups excluding carboxylic acids is 1. The van der Waals surface area contributed by atoms with Crippen LogP contribution in [0.25, 0.3) is 0 Å². The minimum atomic E-state index is -0.904. The molecular weight excluding hydrogens is 260 g/mol. The lowest BCUT2D eigenvalue weighted by Gasteiger charge is -2.25. The first-order valence-electron chi connectivity index (χ1n) is 6.02. The molecule has 3 N–H and O–H groups in total. The Labute approximate surface area is 118 Å². The quantitative estimate of drug-likeness (QED) is 0.818. The number of aliphatic hydroxyl groups is 1. The molecule has 19 heavy (non-hydrogen) atoms. The standard InChI is InChI=1S/C14H20N2O2S/c1-10-8-12(19-11(10)6-5-7-15)13(17)16(4)9-14(2,3)18/h8,18H,7,9,15H2,1-4H3. The lowest BCUT2D eigenvalue weighted by atomic mass is 10.1.